The number of hydrogen-bond donors (Lipinski definition) is 4. The maximum Gasteiger partial charge on any atom is 0.247 e. The van der Waals surface area contributed by atoms with Crippen molar-refractivity contribution in [3.05, 3.63) is 29.8 Å². The number of benzene rings is 1. The molecule has 1 fully saturated rings. The quantitative estimate of drug-likeness (QED) is 0.552. The lowest BCUT2D eigenvalue weighted by Crippen LogP contribution is -2.51. The Kier molecular flexibility index (Phi) is 5.10. The van der Waals surface area contributed by atoms with Gasteiger partial charge in [0.25, 0.3) is 0 Å². The van der Waals surface area contributed by atoms with E-state index in [-0.39, 0.29) is 24.7 Å². The van der Waals surface area contributed by atoms with Crippen LogP contribution in [-0.4, -0.2) is 59.7 Å². The van der Waals surface area contributed by atoms with E-state index in [9.17, 15) is 19.8 Å². The summed E-state index contributed by atoms with van der Waals surface area (Å²) in [4.78, 5) is 24.4. The van der Waals surface area contributed by atoms with Gasteiger partial charge in [-0.25, -0.2) is 0 Å². The summed E-state index contributed by atoms with van der Waals surface area (Å²) in [6.45, 7) is 0.729. The predicted octanol–water partition coefficient (Wildman–Crippen LogP) is -0.391. The van der Waals surface area contributed by atoms with E-state index in [1.165, 1.54) is 6.08 Å². The Labute approximate surface area is 161 Å². The summed E-state index contributed by atoms with van der Waals surface area (Å²) in [5.74, 6) is 0.855. The smallest absolute Gasteiger partial charge is 0.247 e. The molecule has 4 rings (SSSR count). The molecule has 0 spiro atoms. The van der Waals surface area contributed by atoms with Crippen LogP contribution in [0.5, 0.6) is 17.2 Å². The van der Waals surface area contributed by atoms with E-state index < -0.39 is 30.3 Å². The zero-order valence-electron chi connectivity index (χ0n) is 15.1. The first-order valence-electron chi connectivity index (χ1n) is 9.23. The average molecular weight is 390 g/mol. The summed E-state index contributed by atoms with van der Waals surface area (Å²) < 4.78 is 16.3. The molecule has 0 saturated carbocycles. The van der Waals surface area contributed by atoms with Gasteiger partial charge in [0.2, 0.25) is 18.6 Å². The maximum absolute atomic E-state index is 12.6. The molecule has 1 saturated heterocycles. The van der Waals surface area contributed by atoms with Crippen molar-refractivity contribution in [2.75, 3.05) is 13.3 Å². The van der Waals surface area contributed by atoms with E-state index in [0.29, 0.717) is 30.2 Å². The second-order valence-corrected chi connectivity index (χ2v) is 7.01. The largest absolute Gasteiger partial charge is 0.483 e. The fraction of sp³-hybridized carbons (Fsp3) is 0.474. The highest BCUT2D eigenvalue weighted by Crippen LogP contribution is 2.36. The first-order valence-corrected chi connectivity index (χ1v) is 9.23. The Bertz CT molecular complexity index is 809. The minimum Gasteiger partial charge on any atom is -0.483 e. The molecule has 28 heavy (non-hydrogen) atoms. The molecule has 9 heteroatoms. The molecule has 1 aromatic rings. The predicted molar refractivity (Wildman–Crippen MR) is 95.9 cm³/mol. The summed E-state index contributed by atoms with van der Waals surface area (Å²) in [5, 5.41) is 25.9. The van der Waals surface area contributed by atoms with Gasteiger partial charge in [-0.2, -0.15) is 0 Å². The van der Waals surface area contributed by atoms with Gasteiger partial charge < -0.3 is 35.1 Å². The normalized spacial score (nSPS) is 28.9. The topological polar surface area (TPSA) is 126 Å². The molecule has 1 aliphatic carbocycles. The molecule has 0 bridgehead atoms. The first kappa shape index (κ1) is 18.6. The lowest BCUT2D eigenvalue weighted by molar-refractivity contribution is -0.129. The number of aliphatic hydroxyl groups is 2. The molecular formula is C19H22N2O7. The molecular weight excluding hydrogens is 368 g/mol. The number of amides is 2. The van der Waals surface area contributed by atoms with Gasteiger partial charge in [0, 0.05) is 24.6 Å². The zero-order valence-corrected chi connectivity index (χ0v) is 15.1. The van der Waals surface area contributed by atoms with E-state index in [0.717, 1.165) is 6.42 Å². The minimum atomic E-state index is -1.19. The van der Waals surface area contributed by atoms with Crippen molar-refractivity contribution < 1.29 is 34.0 Å². The van der Waals surface area contributed by atoms with Crippen LogP contribution < -0.4 is 24.8 Å². The van der Waals surface area contributed by atoms with Gasteiger partial charge in [-0.15, -0.1) is 0 Å². The molecule has 2 heterocycles. The van der Waals surface area contributed by atoms with Gasteiger partial charge in [0.1, 0.15) is 24.0 Å². The molecule has 4 atom stereocenters. The van der Waals surface area contributed by atoms with Gasteiger partial charge in [-0.05, 0) is 31.1 Å². The lowest BCUT2D eigenvalue weighted by atomic mass is 9.91. The van der Waals surface area contributed by atoms with Gasteiger partial charge >= 0.3 is 0 Å². The summed E-state index contributed by atoms with van der Waals surface area (Å²) in [6.07, 6.45) is -0.476. The Balaban J connectivity index is 1.48. The number of ether oxygens (including phenoxy) is 3. The van der Waals surface area contributed by atoms with Crippen molar-refractivity contribution in [1.82, 2.24) is 10.6 Å². The van der Waals surface area contributed by atoms with E-state index in [1.807, 2.05) is 0 Å². The summed E-state index contributed by atoms with van der Waals surface area (Å²) >= 11 is 0. The number of hydrogen-bond acceptors (Lipinski definition) is 7. The van der Waals surface area contributed by atoms with Crippen molar-refractivity contribution in [1.29, 1.82) is 0 Å². The van der Waals surface area contributed by atoms with Crippen molar-refractivity contribution in [3.8, 4) is 17.2 Å². The highest BCUT2D eigenvalue weighted by atomic mass is 16.7. The fourth-order valence-electron chi connectivity index (χ4n) is 3.47. The van der Waals surface area contributed by atoms with E-state index in [1.54, 1.807) is 18.2 Å². The van der Waals surface area contributed by atoms with E-state index in [2.05, 4.69) is 10.6 Å². The Morgan fingerprint density at radius 2 is 2.07 bits per heavy atom. The number of nitrogens with one attached hydrogen (secondary N) is 2. The molecule has 150 valence electrons. The van der Waals surface area contributed by atoms with Gasteiger partial charge in [0.15, 0.2) is 11.5 Å². The van der Waals surface area contributed by atoms with Crippen LogP contribution in [0.2, 0.25) is 0 Å². The molecule has 0 radical (unpaired) electrons. The number of carbonyl (C=O) groups excluding carboxylic acids is 2. The molecule has 3 aliphatic rings. The molecule has 1 aromatic carbocycles. The first-order chi connectivity index (χ1) is 13.5. The number of aliphatic hydroxyl groups excluding tert-OH is 2. The van der Waals surface area contributed by atoms with Crippen LogP contribution in [0.15, 0.2) is 29.8 Å². The number of piperidine rings is 1. The lowest BCUT2D eigenvalue weighted by Gasteiger charge is -2.31. The van der Waals surface area contributed by atoms with Crippen molar-refractivity contribution in [2.45, 2.75) is 43.6 Å². The minimum absolute atomic E-state index is 0.0255. The van der Waals surface area contributed by atoms with Crippen molar-refractivity contribution >= 4 is 11.8 Å². The Morgan fingerprint density at radius 1 is 1.25 bits per heavy atom. The third kappa shape index (κ3) is 3.76. The third-order valence-electron chi connectivity index (χ3n) is 5.02. The monoisotopic (exact) mass is 390 g/mol. The van der Waals surface area contributed by atoms with Gasteiger partial charge in [-0.3, -0.25) is 9.59 Å². The number of fused-ring (bicyclic) bond motifs is 1. The van der Waals surface area contributed by atoms with Crippen molar-refractivity contribution in [3.63, 3.8) is 0 Å². The third-order valence-corrected chi connectivity index (χ3v) is 5.02. The number of carbonyl (C=O) groups is 2. The second kappa shape index (κ2) is 7.69. The average Bonchev–Trinajstić information content (AvgIpc) is 3.15. The van der Waals surface area contributed by atoms with Crippen LogP contribution in [0.25, 0.3) is 0 Å². The SMILES string of the molecule is O=C(N[C@H]1CCCNC1=O)C1=C[C@@H](Oc2ccc3c(c2)OCO3)[C@H](O)[C@H](O)C1. The standard InChI is InChI=1S/C19H22N2O7/c22-13-6-10(18(24)21-12-2-1-5-20-19(12)25)7-16(17(13)23)28-11-3-4-14-15(8-11)27-9-26-14/h3-4,7-8,12-13,16-17,22-23H,1-2,5-6,9H2,(H,20,25)(H,21,24)/t12-,13+,16+,17+/m0/s1. The van der Waals surface area contributed by atoms with Gasteiger partial charge in [-0.1, -0.05) is 0 Å². The summed E-state index contributed by atoms with van der Waals surface area (Å²) in [5.41, 5.74) is 0.266. The number of rotatable bonds is 4. The highest BCUT2D eigenvalue weighted by molar-refractivity contribution is 5.97. The van der Waals surface area contributed by atoms with E-state index in [4.69, 9.17) is 14.2 Å². The van der Waals surface area contributed by atoms with Crippen LogP contribution in [-0.2, 0) is 9.59 Å². The Hall–Kier alpha value is -2.78. The highest BCUT2D eigenvalue weighted by Gasteiger charge is 2.35. The Morgan fingerprint density at radius 3 is 2.89 bits per heavy atom. The molecule has 2 aliphatic heterocycles. The van der Waals surface area contributed by atoms with Gasteiger partial charge in [0.05, 0.1) is 6.10 Å². The maximum atomic E-state index is 12.6. The van der Waals surface area contributed by atoms with E-state index >= 15 is 0 Å². The molecule has 0 unspecified atom stereocenters. The van der Waals surface area contributed by atoms with Crippen LogP contribution in [0.4, 0.5) is 0 Å². The van der Waals surface area contributed by atoms with Crippen molar-refractivity contribution in [2.24, 2.45) is 0 Å². The molecule has 0 aromatic heterocycles. The molecule has 4 N–H and O–H groups in total. The zero-order chi connectivity index (χ0) is 19.7. The van der Waals surface area contributed by atoms with Crippen LogP contribution in [0.1, 0.15) is 19.3 Å². The summed E-state index contributed by atoms with van der Waals surface area (Å²) in [6, 6.07) is 4.36. The van der Waals surface area contributed by atoms with Crippen LogP contribution in [0, 0.1) is 0 Å². The molecule has 2 amide bonds. The second-order valence-electron chi connectivity index (χ2n) is 7.01. The molecule has 9 nitrogen and oxygen atoms in total. The fourth-order valence-corrected chi connectivity index (χ4v) is 3.47. The summed E-state index contributed by atoms with van der Waals surface area (Å²) in [7, 11) is 0. The van der Waals surface area contributed by atoms with Crippen LogP contribution in [0.3, 0.4) is 0 Å². The van der Waals surface area contributed by atoms with Crippen LogP contribution >= 0.6 is 0 Å².